The summed E-state index contributed by atoms with van der Waals surface area (Å²) in [7, 11) is 0. The summed E-state index contributed by atoms with van der Waals surface area (Å²) in [5.74, 6) is 0.732. The number of aromatic nitrogens is 2. The van der Waals surface area contributed by atoms with Gasteiger partial charge in [0.1, 0.15) is 12.0 Å². The van der Waals surface area contributed by atoms with Crippen molar-refractivity contribution >= 4 is 34.6 Å². The Morgan fingerprint density at radius 3 is 2.59 bits per heavy atom. The normalized spacial score (nSPS) is 13.9. The van der Waals surface area contributed by atoms with E-state index in [0.29, 0.717) is 12.4 Å². The first-order valence-electron chi connectivity index (χ1n) is 8.89. The summed E-state index contributed by atoms with van der Waals surface area (Å²) >= 11 is 6.07. The molecule has 1 aliphatic rings. The molecular weight excluding hydrogens is 403 g/mol. The molecule has 0 saturated carbocycles. The molecule has 2 heterocycles. The first kappa shape index (κ1) is 19.3. The number of nitrogens with one attached hydrogen (secondary N) is 1. The molecule has 1 aliphatic heterocycles. The Hall–Kier alpha value is -3.00. The topological polar surface area (TPSA) is 67.1 Å². The van der Waals surface area contributed by atoms with E-state index in [4.69, 9.17) is 17.3 Å². The highest BCUT2D eigenvalue weighted by molar-refractivity contribution is 6.33. The highest BCUT2D eigenvalue weighted by Gasteiger charge is 2.31. The van der Waals surface area contributed by atoms with E-state index >= 15 is 0 Å². The molecule has 2 aromatic carbocycles. The third-order valence-electron chi connectivity index (χ3n) is 4.84. The van der Waals surface area contributed by atoms with Crippen molar-refractivity contribution in [1.29, 1.82) is 0 Å². The molecular formula is C20H17ClF3N5. The summed E-state index contributed by atoms with van der Waals surface area (Å²) in [5.41, 5.74) is 8.24. The van der Waals surface area contributed by atoms with Crippen molar-refractivity contribution in [3.8, 4) is 0 Å². The maximum atomic E-state index is 13.0. The van der Waals surface area contributed by atoms with Gasteiger partial charge in [0, 0.05) is 13.1 Å². The van der Waals surface area contributed by atoms with Gasteiger partial charge in [-0.1, -0.05) is 35.9 Å². The van der Waals surface area contributed by atoms with Crippen LogP contribution >= 0.6 is 11.6 Å². The molecule has 0 saturated heterocycles. The molecule has 0 bridgehead atoms. The van der Waals surface area contributed by atoms with Crippen LogP contribution in [0.3, 0.4) is 0 Å². The van der Waals surface area contributed by atoms with Crippen molar-refractivity contribution in [2.45, 2.75) is 19.1 Å². The van der Waals surface area contributed by atoms with E-state index in [1.807, 2.05) is 17.0 Å². The van der Waals surface area contributed by atoms with Gasteiger partial charge in [-0.3, -0.25) is 0 Å². The molecule has 0 unspecified atom stereocenters. The number of halogens is 4. The van der Waals surface area contributed by atoms with E-state index in [1.54, 1.807) is 0 Å². The lowest BCUT2D eigenvalue weighted by atomic mass is 10.00. The highest BCUT2D eigenvalue weighted by Crippen LogP contribution is 2.37. The predicted molar refractivity (Wildman–Crippen MR) is 107 cm³/mol. The zero-order valence-electron chi connectivity index (χ0n) is 15.2. The molecule has 0 radical (unpaired) electrons. The summed E-state index contributed by atoms with van der Waals surface area (Å²) in [5, 5.41) is 2.95. The average Bonchev–Trinajstić information content (AvgIpc) is 2.70. The average molecular weight is 420 g/mol. The summed E-state index contributed by atoms with van der Waals surface area (Å²) in [4.78, 5) is 10.4. The Balaban J connectivity index is 1.63. The van der Waals surface area contributed by atoms with Crippen molar-refractivity contribution in [3.63, 3.8) is 0 Å². The molecule has 1 aromatic heterocycles. The minimum Gasteiger partial charge on any atom is -0.393 e. The van der Waals surface area contributed by atoms with Gasteiger partial charge in [-0.2, -0.15) is 13.2 Å². The van der Waals surface area contributed by atoms with Crippen LogP contribution in [0.2, 0.25) is 5.02 Å². The Morgan fingerprint density at radius 1 is 1.07 bits per heavy atom. The van der Waals surface area contributed by atoms with Gasteiger partial charge >= 0.3 is 6.18 Å². The van der Waals surface area contributed by atoms with Crippen LogP contribution in [0.4, 0.5) is 36.2 Å². The van der Waals surface area contributed by atoms with Crippen LogP contribution in [0.1, 0.15) is 16.7 Å². The van der Waals surface area contributed by atoms with E-state index < -0.39 is 11.7 Å². The zero-order valence-corrected chi connectivity index (χ0v) is 15.9. The molecule has 150 valence electrons. The van der Waals surface area contributed by atoms with Gasteiger partial charge in [0.25, 0.3) is 0 Å². The van der Waals surface area contributed by atoms with Gasteiger partial charge in [0.05, 0.1) is 16.3 Å². The zero-order chi connectivity index (χ0) is 20.6. The second-order valence-corrected chi connectivity index (χ2v) is 7.12. The minimum atomic E-state index is -4.48. The Bertz CT molecular complexity index is 1050. The van der Waals surface area contributed by atoms with Crippen LogP contribution in [0.5, 0.6) is 0 Å². The van der Waals surface area contributed by atoms with Crippen LogP contribution in [0.25, 0.3) is 0 Å². The lowest BCUT2D eigenvalue weighted by molar-refractivity contribution is -0.137. The molecule has 0 fully saturated rings. The van der Waals surface area contributed by atoms with Crippen LogP contribution < -0.4 is 16.0 Å². The lowest BCUT2D eigenvalue weighted by Gasteiger charge is -2.30. The highest BCUT2D eigenvalue weighted by atomic mass is 35.5. The summed E-state index contributed by atoms with van der Waals surface area (Å²) in [6.07, 6.45) is -2.30. The van der Waals surface area contributed by atoms with Gasteiger partial charge in [0.15, 0.2) is 11.6 Å². The molecule has 0 aliphatic carbocycles. The first-order valence-corrected chi connectivity index (χ1v) is 9.26. The standard InChI is InChI=1S/C20H17ClF3N5/c21-15-6-5-14(20(22,23)24)9-16(15)28-18-17(25)19(27-11-26-18)29-8-7-12-3-1-2-4-13(12)10-29/h1-6,9,11H,7-8,10,25H2,(H,26,27,28). The van der Waals surface area contributed by atoms with Crippen molar-refractivity contribution in [1.82, 2.24) is 9.97 Å². The summed E-state index contributed by atoms with van der Waals surface area (Å²) in [6, 6.07) is 11.2. The molecule has 4 rings (SSSR count). The van der Waals surface area contributed by atoms with Crippen LogP contribution in [-0.2, 0) is 19.1 Å². The Morgan fingerprint density at radius 2 is 1.83 bits per heavy atom. The van der Waals surface area contributed by atoms with Gasteiger partial charge in [0.2, 0.25) is 0 Å². The van der Waals surface area contributed by atoms with Gasteiger partial charge < -0.3 is 16.0 Å². The van der Waals surface area contributed by atoms with E-state index in [9.17, 15) is 13.2 Å². The molecule has 0 spiro atoms. The van der Waals surface area contributed by atoms with Crippen molar-refractivity contribution in [2.24, 2.45) is 0 Å². The number of rotatable bonds is 3. The Kier molecular flexibility index (Phi) is 4.96. The fourth-order valence-corrected chi connectivity index (χ4v) is 3.50. The Labute approximate surface area is 170 Å². The number of nitrogens with zero attached hydrogens (tertiary/aromatic N) is 3. The number of anilines is 4. The molecule has 3 aromatic rings. The molecule has 0 amide bonds. The van der Waals surface area contributed by atoms with E-state index in [2.05, 4.69) is 27.4 Å². The largest absolute Gasteiger partial charge is 0.416 e. The monoisotopic (exact) mass is 419 g/mol. The molecule has 29 heavy (non-hydrogen) atoms. The number of nitrogens with two attached hydrogens (primary N) is 1. The number of nitrogen functional groups attached to an aromatic ring is 1. The van der Waals surface area contributed by atoms with E-state index in [1.165, 1.54) is 23.5 Å². The third-order valence-corrected chi connectivity index (χ3v) is 5.17. The number of hydrogen-bond donors (Lipinski definition) is 2. The van der Waals surface area contributed by atoms with Crippen molar-refractivity contribution < 1.29 is 13.2 Å². The molecule has 0 atom stereocenters. The first-order chi connectivity index (χ1) is 13.8. The van der Waals surface area contributed by atoms with Gasteiger partial charge in [-0.15, -0.1) is 0 Å². The second-order valence-electron chi connectivity index (χ2n) is 6.72. The second kappa shape index (κ2) is 7.44. The van der Waals surface area contributed by atoms with Crippen LogP contribution in [0.15, 0.2) is 48.8 Å². The van der Waals surface area contributed by atoms with Crippen molar-refractivity contribution in [3.05, 3.63) is 70.5 Å². The maximum absolute atomic E-state index is 13.0. The number of benzene rings is 2. The molecule has 3 N–H and O–H groups in total. The molecule has 5 nitrogen and oxygen atoms in total. The number of alkyl halides is 3. The minimum absolute atomic E-state index is 0.0711. The lowest BCUT2D eigenvalue weighted by Crippen LogP contribution is -2.31. The smallest absolute Gasteiger partial charge is 0.393 e. The van der Waals surface area contributed by atoms with Crippen LogP contribution in [0, 0.1) is 0 Å². The third kappa shape index (κ3) is 3.93. The van der Waals surface area contributed by atoms with Gasteiger partial charge in [-0.05, 0) is 35.7 Å². The number of hydrogen-bond acceptors (Lipinski definition) is 5. The number of fused-ring (bicyclic) bond motifs is 1. The SMILES string of the molecule is Nc1c(Nc2cc(C(F)(F)F)ccc2Cl)ncnc1N1CCc2ccccc2C1. The van der Waals surface area contributed by atoms with E-state index in [0.717, 1.165) is 25.1 Å². The summed E-state index contributed by atoms with van der Waals surface area (Å²) < 4.78 is 39.1. The summed E-state index contributed by atoms with van der Waals surface area (Å²) in [6.45, 7) is 1.36. The van der Waals surface area contributed by atoms with Crippen LogP contribution in [-0.4, -0.2) is 16.5 Å². The maximum Gasteiger partial charge on any atom is 0.416 e. The fourth-order valence-electron chi connectivity index (χ4n) is 3.34. The van der Waals surface area contributed by atoms with E-state index in [-0.39, 0.29) is 22.2 Å². The predicted octanol–water partition coefficient (Wildman–Crippen LogP) is 5.04. The quantitative estimate of drug-likeness (QED) is 0.622. The molecule has 9 heteroatoms. The van der Waals surface area contributed by atoms with Gasteiger partial charge in [-0.25, -0.2) is 9.97 Å². The fraction of sp³-hybridized carbons (Fsp3) is 0.200. The van der Waals surface area contributed by atoms with Crippen molar-refractivity contribution in [2.75, 3.05) is 22.5 Å².